The van der Waals surface area contributed by atoms with Crippen molar-refractivity contribution in [3.8, 4) is 5.75 Å². The fourth-order valence-corrected chi connectivity index (χ4v) is 3.82. The van der Waals surface area contributed by atoms with Crippen LogP contribution in [0.25, 0.3) is 0 Å². The van der Waals surface area contributed by atoms with Gasteiger partial charge in [0, 0.05) is 13.1 Å². The van der Waals surface area contributed by atoms with Gasteiger partial charge < -0.3 is 10.1 Å². The maximum atomic E-state index is 12.6. The van der Waals surface area contributed by atoms with Gasteiger partial charge in [-0.05, 0) is 31.5 Å². The first kappa shape index (κ1) is 16.5. The molecule has 8 nitrogen and oxygen atoms in total. The van der Waals surface area contributed by atoms with Crippen LogP contribution >= 0.6 is 0 Å². The first-order valence-corrected chi connectivity index (χ1v) is 8.81. The predicted octanol–water partition coefficient (Wildman–Crippen LogP) is 0.846. The van der Waals surface area contributed by atoms with Crippen molar-refractivity contribution in [3.63, 3.8) is 0 Å². The number of benzene rings is 1. The number of hydrogen-bond donors (Lipinski definition) is 2. The van der Waals surface area contributed by atoms with E-state index < -0.39 is 10.0 Å². The summed E-state index contributed by atoms with van der Waals surface area (Å²) in [4.78, 5) is 11.5. The highest BCUT2D eigenvalue weighted by Gasteiger charge is 2.23. The van der Waals surface area contributed by atoms with E-state index in [1.165, 1.54) is 6.07 Å². The third kappa shape index (κ3) is 3.13. The van der Waals surface area contributed by atoms with Crippen molar-refractivity contribution >= 4 is 21.6 Å². The number of fused-ring (bicyclic) bond motifs is 1. The van der Waals surface area contributed by atoms with Crippen LogP contribution in [0, 0.1) is 13.8 Å². The summed E-state index contributed by atoms with van der Waals surface area (Å²) in [6.07, 6.45) is 0. The molecule has 3 rings (SSSR count). The number of carbonyl (C=O) groups is 1. The van der Waals surface area contributed by atoms with Crippen molar-refractivity contribution in [2.45, 2.75) is 25.3 Å². The summed E-state index contributed by atoms with van der Waals surface area (Å²) in [7, 11) is -1.97. The molecule has 0 unspecified atom stereocenters. The Balaban J connectivity index is 1.87. The molecule has 9 heteroatoms. The highest BCUT2D eigenvalue weighted by Crippen LogP contribution is 2.32. The Morgan fingerprint density at radius 1 is 1.33 bits per heavy atom. The van der Waals surface area contributed by atoms with Crippen LogP contribution in [0.4, 0.5) is 5.69 Å². The Labute approximate surface area is 139 Å². The van der Waals surface area contributed by atoms with Crippen LogP contribution < -0.4 is 14.8 Å². The maximum absolute atomic E-state index is 12.6. The van der Waals surface area contributed by atoms with Crippen LogP contribution in [0.2, 0.25) is 0 Å². The topological polar surface area (TPSA) is 102 Å². The summed E-state index contributed by atoms with van der Waals surface area (Å²) in [5.41, 5.74) is 2.58. The molecule has 2 aromatic rings. The lowest BCUT2D eigenvalue weighted by Gasteiger charge is -2.20. The molecule has 2 heterocycles. The zero-order valence-corrected chi connectivity index (χ0v) is 14.4. The number of hydrogen-bond acceptors (Lipinski definition) is 5. The Bertz CT molecular complexity index is 918. The Kier molecular flexibility index (Phi) is 4.06. The number of sulfonamides is 1. The molecule has 0 fully saturated rings. The van der Waals surface area contributed by atoms with Gasteiger partial charge in [0.05, 0.1) is 28.5 Å². The van der Waals surface area contributed by atoms with E-state index in [9.17, 15) is 13.2 Å². The molecular weight excluding hydrogens is 332 g/mol. The van der Waals surface area contributed by atoms with Gasteiger partial charge in [0.2, 0.25) is 10.0 Å². The molecule has 0 saturated heterocycles. The minimum absolute atomic E-state index is 0.122. The smallest absolute Gasteiger partial charge is 0.262 e. The van der Waals surface area contributed by atoms with Gasteiger partial charge >= 0.3 is 0 Å². The van der Waals surface area contributed by atoms with E-state index in [-0.39, 0.29) is 24.0 Å². The molecule has 0 aliphatic carbocycles. The number of carbonyl (C=O) groups excluding carboxylic acids is 1. The van der Waals surface area contributed by atoms with E-state index in [4.69, 9.17) is 4.74 Å². The SMILES string of the molecule is Cc1cc(CNS(=O)(=O)c2cc3c(cc2C)NC(=O)CO3)n(C)n1. The lowest BCUT2D eigenvalue weighted by atomic mass is 10.2. The molecule has 0 saturated carbocycles. The fraction of sp³-hybridized carbons (Fsp3) is 0.333. The molecule has 1 aromatic heterocycles. The van der Waals surface area contributed by atoms with Gasteiger partial charge in [-0.25, -0.2) is 13.1 Å². The molecule has 0 spiro atoms. The summed E-state index contributed by atoms with van der Waals surface area (Å²) in [5.74, 6) is 0.0826. The lowest BCUT2D eigenvalue weighted by Crippen LogP contribution is -2.27. The Morgan fingerprint density at radius 2 is 2.08 bits per heavy atom. The Hall–Kier alpha value is -2.39. The normalized spacial score (nSPS) is 14.0. The number of ether oxygens (including phenoxy) is 1. The molecule has 0 radical (unpaired) electrons. The molecular formula is C15H18N4O4S. The lowest BCUT2D eigenvalue weighted by molar-refractivity contribution is -0.118. The number of rotatable bonds is 4. The third-order valence-corrected chi connectivity index (χ3v) is 5.28. The molecule has 0 bridgehead atoms. The second-order valence-electron chi connectivity index (χ2n) is 5.68. The van der Waals surface area contributed by atoms with Crippen molar-refractivity contribution in [2.75, 3.05) is 11.9 Å². The summed E-state index contributed by atoms with van der Waals surface area (Å²) in [6.45, 7) is 3.52. The number of nitrogens with one attached hydrogen (secondary N) is 2. The zero-order chi connectivity index (χ0) is 17.5. The first-order valence-electron chi connectivity index (χ1n) is 7.33. The minimum atomic E-state index is -3.73. The number of amides is 1. The van der Waals surface area contributed by atoms with E-state index >= 15 is 0 Å². The van der Waals surface area contributed by atoms with Crippen molar-refractivity contribution in [1.82, 2.24) is 14.5 Å². The largest absolute Gasteiger partial charge is 0.482 e. The van der Waals surface area contributed by atoms with Gasteiger partial charge in [0.25, 0.3) is 5.91 Å². The summed E-state index contributed by atoms with van der Waals surface area (Å²) in [5, 5.41) is 6.85. The fourth-order valence-electron chi connectivity index (χ4n) is 2.58. The standard InChI is InChI=1S/C15H18N4O4S/c1-9-4-12-13(23-8-15(20)17-12)6-14(9)24(21,22)16-7-11-5-10(2)18-19(11)3/h4-6,16H,7-8H2,1-3H3,(H,17,20). The van der Waals surface area contributed by atoms with Crippen molar-refractivity contribution in [1.29, 1.82) is 0 Å². The summed E-state index contributed by atoms with van der Waals surface area (Å²) in [6, 6.07) is 4.84. The van der Waals surface area contributed by atoms with Gasteiger partial charge in [0.1, 0.15) is 5.75 Å². The van der Waals surface area contributed by atoms with E-state index in [0.717, 1.165) is 11.4 Å². The van der Waals surface area contributed by atoms with E-state index in [1.807, 2.05) is 13.0 Å². The number of anilines is 1. The quantitative estimate of drug-likeness (QED) is 0.851. The van der Waals surface area contributed by atoms with Crippen LogP contribution in [0.15, 0.2) is 23.1 Å². The minimum Gasteiger partial charge on any atom is -0.482 e. The molecule has 1 aromatic carbocycles. The van der Waals surface area contributed by atoms with Crippen molar-refractivity contribution < 1.29 is 17.9 Å². The van der Waals surface area contributed by atoms with Crippen LogP contribution in [0.5, 0.6) is 5.75 Å². The van der Waals surface area contributed by atoms with E-state index in [2.05, 4.69) is 15.1 Å². The molecule has 1 aliphatic heterocycles. The molecule has 1 aliphatic rings. The molecule has 24 heavy (non-hydrogen) atoms. The van der Waals surface area contributed by atoms with E-state index in [1.54, 1.807) is 24.7 Å². The van der Waals surface area contributed by atoms with Gasteiger partial charge in [-0.2, -0.15) is 5.10 Å². The Morgan fingerprint density at radius 3 is 2.75 bits per heavy atom. The van der Waals surface area contributed by atoms with Gasteiger partial charge in [-0.15, -0.1) is 0 Å². The second kappa shape index (κ2) is 5.91. The molecule has 1 amide bonds. The third-order valence-electron chi connectivity index (χ3n) is 3.74. The highest BCUT2D eigenvalue weighted by atomic mass is 32.2. The van der Waals surface area contributed by atoms with Crippen LogP contribution in [-0.2, 0) is 28.4 Å². The van der Waals surface area contributed by atoms with Crippen LogP contribution in [0.3, 0.4) is 0 Å². The highest BCUT2D eigenvalue weighted by molar-refractivity contribution is 7.89. The van der Waals surface area contributed by atoms with Crippen LogP contribution in [-0.4, -0.2) is 30.7 Å². The zero-order valence-electron chi connectivity index (χ0n) is 13.6. The monoisotopic (exact) mass is 350 g/mol. The number of aromatic nitrogens is 2. The number of nitrogens with zero attached hydrogens (tertiary/aromatic N) is 2. The predicted molar refractivity (Wildman–Crippen MR) is 87.3 cm³/mol. The summed E-state index contributed by atoms with van der Waals surface area (Å²) < 4.78 is 34.7. The van der Waals surface area contributed by atoms with Gasteiger partial charge in [0.15, 0.2) is 6.61 Å². The maximum Gasteiger partial charge on any atom is 0.262 e. The average Bonchev–Trinajstić information content (AvgIpc) is 2.82. The molecule has 128 valence electrons. The molecule has 0 atom stereocenters. The van der Waals surface area contributed by atoms with Gasteiger partial charge in [-0.1, -0.05) is 0 Å². The summed E-state index contributed by atoms with van der Waals surface area (Å²) >= 11 is 0. The first-order chi connectivity index (χ1) is 11.3. The number of aryl methyl sites for hydroxylation is 3. The second-order valence-corrected chi connectivity index (χ2v) is 7.41. The van der Waals surface area contributed by atoms with Crippen molar-refractivity contribution in [3.05, 3.63) is 35.2 Å². The van der Waals surface area contributed by atoms with Crippen LogP contribution in [0.1, 0.15) is 17.0 Å². The van der Waals surface area contributed by atoms with Crippen molar-refractivity contribution in [2.24, 2.45) is 7.05 Å². The average molecular weight is 350 g/mol. The van der Waals surface area contributed by atoms with E-state index in [0.29, 0.717) is 17.0 Å². The van der Waals surface area contributed by atoms with Gasteiger partial charge in [-0.3, -0.25) is 9.48 Å². The molecule has 2 N–H and O–H groups in total.